The zero-order valence-electron chi connectivity index (χ0n) is 9.45. The van der Waals surface area contributed by atoms with E-state index >= 15 is 0 Å². The van der Waals surface area contributed by atoms with E-state index in [9.17, 15) is 0 Å². The smallest absolute Gasteiger partial charge is 0.0300 e. The van der Waals surface area contributed by atoms with E-state index < -0.39 is 0 Å². The lowest BCUT2D eigenvalue weighted by Crippen LogP contribution is -2.33. The Morgan fingerprint density at radius 1 is 1.53 bits per heavy atom. The van der Waals surface area contributed by atoms with Crippen LogP contribution in [-0.2, 0) is 6.42 Å². The quantitative estimate of drug-likeness (QED) is 0.769. The van der Waals surface area contributed by atoms with E-state index in [4.69, 9.17) is 0 Å². The number of nitrogens with one attached hydrogen (secondary N) is 1. The van der Waals surface area contributed by atoms with Crippen LogP contribution in [0.4, 0.5) is 0 Å². The fourth-order valence-electron chi connectivity index (χ4n) is 2.01. The second-order valence-electron chi connectivity index (χ2n) is 4.46. The highest BCUT2D eigenvalue weighted by Crippen LogP contribution is 2.33. The van der Waals surface area contributed by atoms with E-state index in [2.05, 4.69) is 23.3 Å². The van der Waals surface area contributed by atoms with Gasteiger partial charge in [0.05, 0.1) is 0 Å². The van der Waals surface area contributed by atoms with Crippen molar-refractivity contribution in [2.75, 3.05) is 6.54 Å². The summed E-state index contributed by atoms with van der Waals surface area (Å²) in [6.45, 7) is 3.36. The van der Waals surface area contributed by atoms with Crippen molar-refractivity contribution in [1.29, 1.82) is 0 Å². The molecule has 0 amide bonds. The Labute approximate surface area is 92.1 Å². The van der Waals surface area contributed by atoms with Crippen molar-refractivity contribution in [1.82, 2.24) is 10.3 Å². The summed E-state index contributed by atoms with van der Waals surface area (Å²) in [5.41, 5.74) is 1.36. The van der Waals surface area contributed by atoms with Crippen LogP contribution in [0.1, 0.15) is 31.7 Å². The molecule has 1 aromatic rings. The average molecular weight is 204 g/mol. The fraction of sp³-hybridized carbons (Fsp3) is 0.615. The molecule has 1 heterocycles. The first kappa shape index (κ1) is 10.6. The summed E-state index contributed by atoms with van der Waals surface area (Å²) in [5, 5.41) is 3.65. The molecule has 1 saturated carbocycles. The molecule has 0 saturated heterocycles. The molecular weight excluding hydrogens is 184 g/mol. The fourth-order valence-corrected chi connectivity index (χ4v) is 2.01. The largest absolute Gasteiger partial charge is 0.313 e. The zero-order valence-corrected chi connectivity index (χ0v) is 9.45. The minimum absolute atomic E-state index is 0.675. The van der Waals surface area contributed by atoms with Gasteiger partial charge in [-0.3, -0.25) is 4.98 Å². The predicted molar refractivity (Wildman–Crippen MR) is 62.7 cm³/mol. The van der Waals surface area contributed by atoms with Gasteiger partial charge in [0.1, 0.15) is 0 Å². The van der Waals surface area contributed by atoms with Gasteiger partial charge in [0, 0.05) is 18.4 Å². The summed E-state index contributed by atoms with van der Waals surface area (Å²) in [7, 11) is 0. The van der Waals surface area contributed by atoms with Gasteiger partial charge < -0.3 is 5.32 Å². The second kappa shape index (κ2) is 5.26. The molecule has 1 N–H and O–H groups in total. The van der Waals surface area contributed by atoms with Crippen LogP contribution in [-0.4, -0.2) is 17.6 Å². The van der Waals surface area contributed by atoms with Gasteiger partial charge in [0.15, 0.2) is 0 Å². The zero-order chi connectivity index (χ0) is 10.5. The lowest BCUT2D eigenvalue weighted by molar-refractivity contribution is 0.459. The lowest BCUT2D eigenvalue weighted by Gasteiger charge is -2.17. The Balaban J connectivity index is 1.88. The van der Waals surface area contributed by atoms with E-state index in [1.54, 1.807) is 0 Å². The van der Waals surface area contributed by atoms with E-state index in [0.717, 1.165) is 18.9 Å². The second-order valence-corrected chi connectivity index (χ2v) is 4.46. The highest BCUT2D eigenvalue weighted by molar-refractivity contribution is 5.11. The van der Waals surface area contributed by atoms with Crippen molar-refractivity contribution in [3.05, 3.63) is 30.1 Å². The van der Waals surface area contributed by atoms with Crippen molar-refractivity contribution in [3.8, 4) is 0 Å². The first-order valence-corrected chi connectivity index (χ1v) is 6.02. The highest BCUT2D eigenvalue weighted by Gasteiger charge is 2.30. The third kappa shape index (κ3) is 3.31. The molecule has 1 fully saturated rings. The minimum atomic E-state index is 0.675. The molecule has 1 aliphatic carbocycles. The maximum absolute atomic E-state index is 4.17. The van der Waals surface area contributed by atoms with Gasteiger partial charge in [-0.25, -0.2) is 0 Å². The van der Waals surface area contributed by atoms with Gasteiger partial charge in [0.25, 0.3) is 0 Å². The van der Waals surface area contributed by atoms with Crippen molar-refractivity contribution >= 4 is 0 Å². The van der Waals surface area contributed by atoms with Crippen LogP contribution >= 0.6 is 0 Å². The molecule has 0 aliphatic heterocycles. The number of aromatic nitrogens is 1. The first-order chi connectivity index (χ1) is 7.40. The van der Waals surface area contributed by atoms with Crippen LogP contribution < -0.4 is 5.32 Å². The molecule has 1 unspecified atom stereocenters. The summed E-state index contributed by atoms with van der Waals surface area (Å²) < 4.78 is 0. The van der Waals surface area contributed by atoms with Crippen LogP contribution in [0.2, 0.25) is 0 Å². The van der Waals surface area contributed by atoms with Crippen LogP contribution in [0.3, 0.4) is 0 Å². The topological polar surface area (TPSA) is 24.9 Å². The van der Waals surface area contributed by atoms with Gasteiger partial charge in [-0.1, -0.05) is 13.0 Å². The summed E-state index contributed by atoms with van der Waals surface area (Å²) >= 11 is 0. The van der Waals surface area contributed by atoms with Crippen molar-refractivity contribution < 1.29 is 0 Å². The van der Waals surface area contributed by atoms with Gasteiger partial charge in [-0.05, 0) is 49.8 Å². The summed E-state index contributed by atoms with van der Waals surface area (Å²) in [4.78, 5) is 4.17. The van der Waals surface area contributed by atoms with Crippen molar-refractivity contribution in [3.63, 3.8) is 0 Å². The average Bonchev–Trinajstić information content (AvgIpc) is 3.09. The summed E-state index contributed by atoms with van der Waals surface area (Å²) in [6.07, 6.45) is 9.00. The third-order valence-corrected chi connectivity index (χ3v) is 3.03. The van der Waals surface area contributed by atoms with Gasteiger partial charge >= 0.3 is 0 Å². The molecule has 2 nitrogen and oxygen atoms in total. The minimum Gasteiger partial charge on any atom is -0.313 e. The summed E-state index contributed by atoms with van der Waals surface area (Å²) in [6, 6.07) is 4.88. The number of hydrogen-bond donors (Lipinski definition) is 1. The van der Waals surface area contributed by atoms with Crippen molar-refractivity contribution in [2.24, 2.45) is 5.92 Å². The Hall–Kier alpha value is -0.890. The maximum atomic E-state index is 4.17. The lowest BCUT2D eigenvalue weighted by atomic mass is 10.0. The molecule has 0 spiro atoms. The maximum Gasteiger partial charge on any atom is 0.0300 e. The molecule has 0 bridgehead atoms. The molecule has 15 heavy (non-hydrogen) atoms. The first-order valence-electron chi connectivity index (χ1n) is 6.02. The molecule has 1 atom stereocenters. The number of hydrogen-bond acceptors (Lipinski definition) is 2. The molecule has 0 aromatic carbocycles. The molecular formula is C13H20N2. The van der Waals surface area contributed by atoms with Gasteiger partial charge in [-0.2, -0.15) is 0 Å². The molecule has 0 radical (unpaired) electrons. The normalized spacial score (nSPS) is 17.7. The SMILES string of the molecule is CCCNC(Cc1cccnc1)C1CC1. The third-order valence-electron chi connectivity index (χ3n) is 3.03. The van der Waals surface area contributed by atoms with Crippen LogP contribution in [0.25, 0.3) is 0 Å². The van der Waals surface area contributed by atoms with E-state index in [1.165, 1.54) is 24.8 Å². The van der Waals surface area contributed by atoms with Crippen LogP contribution in [0.5, 0.6) is 0 Å². The standard InChI is InChI=1S/C13H20N2/c1-2-7-15-13(12-5-6-12)9-11-4-3-8-14-10-11/h3-4,8,10,12-13,15H,2,5-7,9H2,1H3. The monoisotopic (exact) mass is 204 g/mol. The Morgan fingerprint density at radius 2 is 2.40 bits per heavy atom. The predicted octanol–water partition coefficient (Wildman–Crippen LogP) is 2.40. The van der Waals surface area contributed by atoms with Gasteiger partial charge in [-0.15, -0.1) is 0 Å². The molecule has 1 aromatic heterocycles. The highest BCUT2D eigenvalue weighted by atomic mass is 14.9. The number of pyridine rings is 1. The molecule has 2 rings (SSSR count). The Morgan fingerprint density at radius 3 is 3.00 bits per heavy atom. The molecule has 82 valence electrons. The Kier molecular flexibility index (Phi) is 3.73. The van der Waals surface area contributed by atoms with E-state index in [0.29, 0.717) is 6.04 Å². The Bertz CT molecular complexity index is 280. The van der Waals surface area contributed by atoms with E-state index in [-0.39, 0.29) is 0 Å². The summed E-state index contributed by atoms with van der Waals surface area (Å²) in [5.74, 6) is 0.914. The van der Waals surface area contributed by atoms with E-state index in [1.807, 2.05) is 18.5 Å². The van der Waals surface area contributed by atoms with Crippen molar-refractivity contribution in [2.45, 2.75) is 38.6 Å². The number of rotatable bonds is 6. The van der Waals surface area contributed by atoms with Gasteiger partial charge in [0.2, 0.25) is 0 Å². The number of nitrogens with zero attached hydrogens (tertiary/aromatic N) is 1. The molecule has 2 heteroatoms. The molecule has 1 aliphatic rings. The van der Waals surface area contributed by atoms with Crippen LogP contribution in [0, 0.1) is 5.92 Å². The van der Waals surface area contributed by atoms with Crippen LogP contribution in [0.15, 0.2) is 24.5 Å².